The Kier molecular flexibility index (Phi) is 8.96. The Morgan fingerprint density at radius 1 is 1.08 bits per heavy atom. The number of methoxy groups -OCH3 is 1. The van der Waals surface area contributed by atoms with Crippen LogP contribution in [-0.2, 0) is 9.59 Å². The molecule has 1 aromatic carbocycles. The maximum absolute atomic E-state index is 11.7. The Morgan fingerprint density at radius 3 is 2.54 bits per heavy atom. The zero-order chi connectivity index (χ0) is 17.8. The summed E-state index contributed by atoms with van der Waals surface area (Å²) < 4.78 is 5.09. The summed E-state index contributed by atoms with van der Waals surface area (Å²) in [5, 5.41) is 7.82. The van der Waals surface area contributed by atoms with Gasteiger partial charge in [0.25, 0.3) is 5.91 Å². The third-order valence-corrected chi connectivity index (χ3v) is 3.42. The predicted molar refractivity (Wildman–Crippen MR) is 92.2 cm³/mol. The molecule has 24 heavy (non-hydrogen) atoms. The molecule has 0 bridgehead atoms. The lowest BCUT2D eigenvalue weighted by molar-refractivity contribution is -0.137. The highest BCUT2D eigenvalue weighted by molar-refractivity contribution is 6.36. The molecule has 1 rings (SSSR count). The van der Waals surface area contributed by atoms with E-state index < -0.39 is 5.91 Å². The number of likely N-dealkylation sites (N-methyl/N-ethyl adjacent to an activating group) is 1. The molecule has 0 aromatic heterocycles. The fraction of sp³-hybridized carbons (Fsp3) is 0.471. The van der Waals surface area contributed by atoms with Gasteiger partial charge in [-0.15, -0.1) is 0 Å². The van der Waals surface area contributed by atoms with E-state index in [2.05, 4.69) is 16.0 Å². The summed E-state index contributed by atoms with van der Waals surface area (Å²) in [6, 6.07) is 6.86. The van der Waals surface area contributed by atoms with Crippen LogP contribution >= 0.6 is 0 Å². The number of Topliss-reactive ketones (excluding diaryl/α,β-unsaturated/α-hetero) is 1. The van der Waals surface area contributed by atoms with Crippen molar-refractivity contribution >= 4 is 23.4 Å². The van der Waals surface area contributed by atoms with Gasteiger partial charge in [0.2, 0.25) is 5.78 Å². The van der Waals surface area contributed by atoms with Crippen LogP contribution in [0.3, 0.4) is 0 Å². The Balaban J connectivity index is 2.09. The molecule has 0 atom stereocenters. The number of rotatable bonds is 10. The predicted octanol–water partition coefficient (Wildman–Crippen LogP) is 2.08. The van der Waals surface area contributed by atoms with Gasteiger partial charge in [0, 0.05) is 31.8 Å². The summed E-state index contributed by atoms with van der Waals surface area (Å²) in [4.78, 5) is 34.1. The molecule has 132 valence electrons. The number of nitrogens with one attached hydrogen (secondary N) is 3. The van der Waals surface area contributed by atoms with Crippen molar-refractivity contribution in [3.63, 3.8) is 0 Å². The van der Waals surface area contributed by atoms with Crippen LogP contribution in [0.25, 0.3) is 0 Å². The van der Waals surface area contributed by atoms with Crippen LogP contribution in [-0.4, -0.2) is 38.4 Å². The number of carbonyl (C=O) groups excluding carboxylic acids is 3. The average Bonchev–Trinajstić information content (AvgIpc) is 2.60. The lowest BCUT2D eigenvalue weighted by Gasteiger charge is -2.08. The van der Waals surface area contributed by atoms with Gasteiger partial charge in [-0.2, -0.15) is 0 Å². The number of hydrogen-bond acceptors (Lipinski definition) is 4. The molecule has 1 aromatic rings. The minimum Gasteiger partial charge on any atom is -0.497 e. The molecule has 3 amide bonds. The summed E-state index contributed by atoms with van der Waals surface area (Å²) in [7, 11) is 3.02. The largest absolute Gasteiger partial charge is 0.497 e. The molecule has 0 saturated heterocycles. The van der Waals surface area contributed by atoms with Gasteiger partial charge >= 0.3 is 6.03 Å². The second-order valence-electron chi connectivity index (χ2n) is 5.28. The third-order valence-electron chi connectivity index (χ3n) is 3.42. The number of ketones is 1. The minimum absolute atomic E-state index is 0.266. The van der Waals surface area contributed by atoms with Crippen molar-refractivity contribution in [1.29, 1.82) is 0 Å². The fourth-order valence-corrected chi connectivity index (χ4v) is 2.10. The molecule has 0 spiro atoms. The second-order valence-corrected chi connectivity index (χ2v) is 5.28. The lowest BCUT2D eigenvalue weighted by atomic mass is 10.1. The van der Waals surface area contributed by atoms with E-state index in [-0.39, 0.29) is 18.2 Å². The number of hydrogen-bond donors (Lipinski definition) is 3. The van der Waals surface area contributed by atoms with E-state index >= 15 is 0 Å². The summed E-state index contributed by atoms with van der Waals surface area (Å²) in [6.07, 6.45) is 3.51. The summed E-state index contributed by atoms with van der Waals surface area (Å²) in [5.74, 6) is -0.238. The van der Waals surface area contributed by atoms with Gasteiger partial charge in [-0.3, -0.25) is 9.59 Å². The molecule has 0 heterocycles. The van der Waals surface area contributed by atoms with Crippen molar-refractivity contribution in [1.82, 2.24) is 10.6 Å². The van der Waals surface area contributed by atoms with Gasteiger partial charge in [0.1, 0.15) is 5.75 Å². The molecular weight excluding hydrogens is 310 g/mol. The van der Waals surface area contributed by atoms with E-state index in [1.54, 1.807) is 31.4 Å². The van der Waals surface area contributed by atoms with Crippen LogP contribution in [0.1, 0.15) is 32.1 Å². The number of anilines is 1. The molecule has 0 saturated carbocycles. The number of ether oxygens (including phenoxy) is 1. The van der Waals surface area contributed by atoms with E-state index in [4.69, 9.17) is 4.74 Å². The Morgan fingerprint density at radius 2 is 1.83 bits per heavy atom. The number of unbranched alkanes of at least 4 members (excludes halogenated alkanes) is 3. The van der Waals surface area contributed by atoms with E-state index in [1.165, 1.54) is 7.05 Å². The zero-order valence-electron chi connectivity index (χ0n) is 14.2. The Bertz CT molecular complexity index is 561. The average molecular weight is 335 g/mol. The monoisotopic (exact) mass is 335 g/mol. The van der Waals surface area contributed by atoms with Crippen LogP contribution in [0.4, 0.5) is 10.5 Å². The van der Waals surface area contributed by atoms with Crippen LogP contribution in [0.2, 0.25) is 0 Å². The topological polar surface area (TPSA) is 96.5 Å². The minimum atomic E-state index is -0.536. The first kappa shape index (κ1) is 19.5. The quantitative estimate of drug-likeness (QED) is 0.450. The van der Waals surface area contributed by atoms with Crippen molar-refractivity contribution in [2.75, 3.05) is 26.0 Å². The number of urea groups is 1. The molecule has 0 unspecified atom stereocenters. The van der Waals surface area contributed by atoms with Crippen LogP contribution in [0, 0.1) is 0 Å². The van der Waals surface area contributed by atoms with Crippen molar-refractivity contribution in [3.05, 3.63) is 24.3 Å². The van der Waals surface area contributed by atoms with Crippen molar-refractivity contribution < 1.29 is 19.1 Å². The highest BCUT2D eigenvalue weighted by atomic mass is 16.5. The Labute approximate surface area is 142 Å². The van der Waals surface area contributed by atoms with E-state index in [1.807, 2.05) is 0 Å². The van der Waals surface area contributed by atoms with Gasteiger partial charge in [-0.1, -0.05) is 18.9 Å². The van der Waals surface area contributed by atoms with Crippen LogP contribution < -0.4 is 20.7 Å². The van der Waals surface area contributed by atoms with Crippen molar-refractivity contribution in [2.45, 2.75) is 32.1 Å². The van der Waals surface area contributed by atoms with Gasteiger partial charge in [0.15, 0.2) is 0 Å². The normalized spacial score (nSPS) is 9.92. The first-order chi connectivity index (χ1) is 11.6. The maximum atomic E-state index is 11.7. The van der Waals surface area contributed by atoms with Gasteiger partial charge in [0.05, 0.1) is 7.11 Å². The SMILES string of the molecule is CNC(=O)C(=O)CCCCCCNC(=O)Nc1cccc(OC)c1. The highest BCUT2D eigenvalue weighted by Gasteiger charge is 2.10. The molecule has 0 fully saturated rings. The van der Waals surface area contributed by atoms with E-state index in [0.717, 1.165) is 19.3 Å². The molecular formula is C17H25N3O4. The molecule has 7 nitrogen and oxygen atoms in total. The summed E-state index contributed by atoms with van der Waals surface area (Å²) in [6.45, 7) is 0.555. The van der Waals surface area contributed by atoms with Gasteiger partial charge in [-0.05, 0) is 25.0 Å². The third kappa shape index (κ3) is 7.62. The molecule has 0 aliphatic rings. The number of carbonyl (C=O) groups is 3. The van der Waals surface area contributed by atoms with Crippen molar-refractivity contribution in [3.8, 4) is 5.75 Å². The molecule has 3 N–H and O–H groups in total. The molecule has 0 aliphatic carbocycles. The van der Waals surface area contributed by atoms with E-state index in [0.29, 0.717) is 24.4 Å². The van der Waals surface area contributed by atoms with Gasteiger partial charge < -0.3 is 20.7 Å². The van der Waals surface area contributed by atoms with Gasteiger partial charge in [-0.25, -0.2) is 4.79 Å². The summed E-state index contributed by atoms with van der Waals surface area (Å²) in [5.41, 5.74) is 0.666. The number of amides is 3. The maximum Gasteiger partial charge on any atom is 0.319 e. The van der Waals surface area contributed by atoms with Crippen LogP contribution in [0.15, 0.2) is 24.3 Å². The smallest absolute Gasteiger partial charge is 0.319 e. The van der Waals surface area contributed by atoms with Crippen LogP contribution in [0.5, 0.6) is 5.75 Å². The van der Waals surface area contributed by atoms with E-state index in [9.17, 15) is 14.4 Å². The van der Waals surface area contributed by atoms with Crippen molar-refractivity contribution in [2.24, 2.45) is 0 Å². The highest BCUT2D eigenvalue weighted by Crippen LogP contribution is 2.16. The fourth-order valence-electron chi connectivity index (χ4n) is 2.10. The molecule has 0 radical (unpaired) electrons. The number of benzene rings is 1. The lowest BCUT2D eigenvalue weighted by Crippen LogP contribution is -2.29. The Hall–Kier alpha value is -2.57. The standard InChI is InChI=1S/C17H25N3O4/c1-18-16(22)15(21)10-5-3-4-6-11-19-17(23)20-13-8-7-9-14(12-13)24-2/h7-9,12H,3-6,10-11H2,1-2H3,(H,18,22)(H2,19,20,23). The zero-order valence-corrected chi connectivity index (χ0v) is 14.2. The first-order valence-electron chi connectivity index (χ1n) is 8.00. The second kappa shape index (κ2) is 11.0. The molecule has 0 aliphatic heterocycles. The molecule has 7 heteroatoms. The summed E-state index contributed by atoms with van der Waals surface area (Å²) >= 11 is 0. The first-order valence-corrected chi connectivity index (χ1v) is 8.00.